The Hall–Kier alpha value is -0.570. The van der Waals surface area contributed by atoms with Crippen LogP contribution in [0.3, 0.4) is 0 Å². The smallest absolute Gasteiger partial charge is 0.237 e. The minimum atomic E-state index is 0.277. The van der Waals surface area contributed by atoms with Gasteiger partial charge >= 0.3 is 0 Å². The van der Waals surface area contributed by atoms with E-state index in [0.717, 1.165) is 25.0 Å². The molecule has 1 N–H and O–H groups in total. The number of amides is 1. The van der Waals surface area contributed by atoms with E-state index in [-0.39, 0.29) is 5.91 Å². The van der Waals surface area contributed by atoms with E-state index in [0.29, 0.717) is 6.54 Å². The molecular formula is C12H22N2O. The predicted octanol–water partition coefficient (Wildman–Crippen LogP) is 1.59. The van der Waals surface area contributed by atoms with Crippen molar-refractivity contribution in [1.29, 1.82) is 0 Å². The summed E-state index contributed by atoms with van der Waals surface area (Å²) < 4.78 is 0. The van der Waals surface area contributed by atoms with Gasteiger partial charge in [-0.2, -0.15) is 0 Å². The molecule has 2 rings (SSSR count). The van der Waals surface area contributed by atoms with Gasteiger partial charge in [0.05, 0.1) is 13.2 Å². The Bertz CT molecular complexity index is 230. The Morgan fingerprint density at radius 3 is 3.00 bits per heavy atom. The van der Waals surface area contributed by atoms with E-state index in [1.165, 1.54) is 32.1 Å². The standard InChI is InChI=1S/C12H22N2O/c1-10-3-2-4-11(7-10)5-6-14-9-13-8-12(14)15/h10-11,13H,2-9H2,1H3. The topological polar surface area (TPSA) is 32.3 Å². The van der Waals surface area contributed by atoms with Crippen molar-refractivity contribution in [3.63, 3.8) is 0 Å². The first-order valence-corrected chi connectivity index (χ1v) is 6.24. The number of nitrogens with one attached hydrogen (secondary N) is 1. The molecule has 1 heterocycles. The lowest BCUT2D eigenvalue weighted by Crippen LogP contribution is -2.29. The van der Waals surface area contributed by atoms with E-state index in [1.807, 2.05) is 4.90 Å². The molecule has 86 valence electrons. The summed E-state index contributed by atoms with van der Waals surface area (Å²) in [6.45, 7) is 4.63. The second kappa shape index (κ2) is 4.97. The number of carbonyl (C=O) groups excluding carboxylic acids is 1. The van der Waals surface area contributed by atoms with Gasteiger partial charge in [-0.05, 0) is 24.7 Å². The largest absolute Gasteiger partial charge is 0.329 e. The number of carbonyl (C=O) groups is 1. The molecule has 2 atom stereocenters. The van der Waals surface area contributed by atoms with E-state index < -0.39 is 0 Å². The van der Waals surface area contributed by atoms with E-state index in [4.69, 9.17) is 0 Å². The van der Waals surface area contributed by atoms with Crippen LogP contribution >= 0.6 is 0 Å². The summed E-state index contributed by atoms with van der Waals surface area (Å²) in [5.41, 5.74) is 0. The van der Waals surface area contributed by atoms with Crippen LogP contribution in [-0.2, 0) is 4.79 Å². The Morgan fingerprint density at radius 1 is 1.47 bits per heavy atom. The van der Waals surface area contributed by atoms with Gasteiger partial charge in [0.15, 0.2) is 0 Å². The lowest BCUT2D eigenvalue weighted by Gasteiger charge is -2.28. The molecule has 0 aromatic heterocycles. The van der Waals surface area contributed by atoms with Crippen LogP contribution < -0.4 is 5.32 Å². The third-order valence-corrected chi connectivity index (χ3v) is 3.78. The first-order valence-electron chi connectivity index (χ1n) is 6.24. The second-order valence-corrected chi connectivity index (χ2v) is 5.17. The number of rotatable bonds is 3. The Morgan fingerprint density at radius 2 is 2.33 bits per heavy atom. The van der Waals surface area contributed by atoms with Crippen LogP contribution in [0.2, 0.25) is 0 Å². The number of nitrogens with zero attached hydrogens (tertiary/aromatic N) is 1. The maximum Gasteiger partial charge on any atom is 0.237 e. The van der Waals surface area contributed by atoms with Gasteiger partial charge in [0.1, 0.15) is 0 Å². The molecule has 1 aliphatic carbocycles. The van der Waals surface area contributed by atoms with Crippen molar-refractivity contribution < 1.29 is 4.79 Å². The van der Waals surface area contributed by atoms with Gasteiger partial charge < -0.3 is 4.90 Å². The Kier molecular flexibility index (Phi) is 3.62. The van der Waals surface area contributed by atoms with Crippen molar-refractivity contribution >= 4 is 5.91 Å². The average Bonchev–Trinajstić information content (AvgIpc) is 2.61. The predicted molar refractivity (Wildman–Crippen MR) is 60.3 cm³/mol. The van der Waals surface area contributed by atoms with Crippen molar-refractivity contribution in [3.05, 3.63) is 0 Å². The van der Waals surface area contributed by atoms with Crippen LogP contribution in [0.5, 0.6) is 0 Å². The molecule has 2 fully saturated rings. The summed E-state index contributed by atoms with van der Waals surface area (Å²) in [7, 11) is 0. The van der Waals surface area contributed by atoms with Gasteiger partial charge in [0, 0.05) is 6.54 Å². The van der Waals surface area contributed by atoms with Crippen LogP contribution in [0.25, 0.3) is 0 Å². The van der Waals surface area contributed by atoms with E-state index in [2.05, 4.69) is 12.2 Å². The van der Waals surface area contributed by atoms with Crippen molar-refractivity contribution in [2.24, 2.45) is 11.8 Å². The van der Waals surface area contributed by atoms with Crippen LogP contribution in [0.4, 0.5) is 0 Å². The Labute approximate surface area is 92.2 Å². The molecule has 1 amide bonds. The van der Waals surface area contributed by atoms with Gasteiger partial charge in [0.2, 0.25) is 5.91 Å². The average molecular weight is 210 g/mol. The fraction of sp³-hybridized carbons (Fsp3) is 0.917. The quantitative estimate of drug-likeness (QED) is 0.767. The SMILES string of the molecule is CC1CCCC(CCN2CNCC2=O)C1. The lowest BCUT2D eigenvalue weighted by atomic mass is 9.81. The molecule has 0 radical (unpaired) electrons. The van der Waals surface area contributed by atoms with Crippen LogP contribution in [0.15, 0.2) is 0 Å². The molecule has 3 nitrogen and oxygen atoms in total. The summed E-state index contributed by atoms with van der Waals surface area (Å²) in [6, 6.07) is 0. The maximum atomic E-state index is 11.4. The zero-order chi connectivity index (χ0) is 10.7. The zero-order valence-electron chi connectivity index (χ0n) is 9.67. The first-order chi connectivity index (χ1) is 7.25. The van der Waals surface area contributed by atoms with Gasteiger partial charge in [-0.15, -0.1) is 0 Å². The van der Waals surface area contributed by atoms with Crippen molar-refractivity contribution in [1.82, 2.24) is 10.2 Å². The summed E-state index contributed by atoms with van der Waals surface area (Å²) in [5, 5.41) is 3.09. The lowest BCUT2D eigenvalue weighted by molar-refractivity contribution is -0.126. The highest BCUT2D eigenvalue weighted by molar-refractivity contribution is 5.79. The van der Waals surface area contributed by atoms with Crippen molar-refractivity contribution in [3.8, 4) is 0 Å². The normalized spacial score (nSPS) is 32.3. The van der Waals surface area contributed by atoms with Crippen LogP contribution in [0, 0.1) is 11.8 Å². The molecule has 0 aromatic carbocycles. The molecule has 3 heteroatoms. The zero-order valence-corrected chi connectivity index (χ0v) is 9.67. The minimum absolute atomic E-state index is 0.277. The summed E-state index contributed by atoms with van der Waals surface area (Å²) in [6.07, 6.45) is 6.74. The molecule has 0 spiro atoms. The van der Waals surface area contributed by atoms with E-state index in [1.54, 1.807) is 0 Å². The summed E-state index contributed by atoms with van der Waals surface area (Å²) >= 11 is 0. The molecule has 2 unspecified atom stereocenters. The fourth-order valence-corrected chi connectivity index (χ4v) is 2.86. The molecule has 2 aliphatic rings. The second-order valence-electron chi connectivity index (χ2n) is 5.17. The Balaban J connectivity index is 1.70. The molecule has 1 saturated heterocycles. The maximum absolute atomic E-state index is 11.4. The molecule has 15 heavy (non-hydrogen) atoms. The van der Waals surface area contributed by atoms with E-state index in [9.17, 15) is 4.79 Å². The minimum Gasteiger partial charge on any atom is -0.329 e. The molecule has 0 aromatic rings. The highest BCUT2D eigenvalue weighted by atomic mass is 16.2. The van der Waals surface area contributed by atoms with Gasteiger partial charge in [-0.25, -0.2) is 0 Å². The summed E-state index contributed by atoms with van der Waals surface area (Å²) in [4.78, 5) is 13.3. The molecular weight excluding hydrogens is 188 g/mol. The van der Waals surface area contributed by atoms with Gasteiger partial charge in [0.25, 0.3) is 0 Å². The monoisotopic (exact) mass is 210 g/mol. The summed E-state index contributed by atoms with van der Waals surface area (Å²) in [5.74, 6) is 2.04. The van der Waals surface area contributed by atoms with Crippen molar-refractivity contribution in [2.45, 2.75) is 39.0 Å². The first kappa shape index (κ1) is 10.9. The van der Waals surface area contributed by atoms with Crippen LogP contribution in [-0.4, -0.2) is 30.6 Å². The molecule has 0 bridgehead atoms. The number of hydrogen-bond donors (Lipinski definition) is 1. The van der Waals surface area contributed by atoms with Gasteiger partial charge in [-0.3, -0.25) is 10.1 Å². The van der Waals surface area contributed by atoms with Crippen molar-refractivity contribution in [2.75, 3.05) is 19.8 Å². The van der Waals surface area contributed by atoms with E-state index >= 15 is 0 Å². The fourth-order valence-electron chi connectivity index (χ4n) is 2.86. The third kappa shape index (κ3) is 2.94. The van der Waals surface area contributed by atoms with Gasteiger partial charge in [-0.1, -0.05) is 26.2 Å². The van der Waals surface area contributed by atoms with Crippen LogP contribution in [0.1, 0.15) is 39.0 Å². The molecule has 1 aliphatic heterocycles. The third-order valence-electron chi connectivity index (χ3n) is 3.78. The highest BCUT2D eigenvalue weighted by Gasteiger charge is 2.23. The number of hydrogen-bond acceptors (Lipinski definition) is 2. The highest BCUT2D eigenvalue weighted by Crippen LogP contribution is 2.30. The molecule has 1 saturated carbocycles.